The first kappa shape index (κ1) is 36.1. The molecule has 1 fully saturated rings. The summed E-state index contributed by atoms with van der Waals surface area (Å²) in [4.78, 5) is 45.2. The van der Waals surface area contributed by atoms with E-state index >= 15 is 0 Å². The largest absolute Gasteiger partial charge is 0.464 e. The molecule has 1 saturated heterocycles. The minimum Gasteiger partial charge on any atom is -0.464 e. The molecule has 2 amide bonds. The van der Waals surface area contributed by atoms with E-state index in [-0.39, 0.29) is 18.9 Å². The standard InChI is InChI=1S/C41H51N5O5/c1-8-27-17-18-42-24-32(27)36-31-23-41(6,7)25-50-38(48)33-14-11-19-46(44-33)37(47)34(43-39(49)51-40(3,4)5)21-26-12-10-13-28(20-26)29-15-16-35(30(31)22-29)45(36)9-2/h10,12-13,15-18,20,22,24,33-34,44H,8-9,11,14,19,21,23,25H2,1-7H3,(H,43,49)/t33-,34-/m0/s1. The first-order valence-electron chi connectivity index (χ1n) is 18.2. The highest BCUT2D eigenvalue weighted by Crippen LogP contribution is 2.41. The van der Waals surface area contributed by atoms with Crippen molar-refractivity contribution in [2.75, 3.05) is 13.2 Å². The van der Waals surface area contributed by atoms with Crippen LogP contribution in [0.4, 0.5) is 4.79 Å². The molecule has 2 N–H and O–H groups in total. The van der Waals surface area contributed by atoms with Crippen molar-refractivity contribution in [1.82, 2.24) is 25.3 Å². The highest BCUT2D eigenvalue weighted by Gasteiger charge is 2.35. The Hall–Kier alpha value is -4.70. The molecular weight excluding hydrogens is 642 g/mol. The molecule has 2 aromatic heterocycles. The van der Waals surface area contributed by atoms with Crippen LogP contribution >= 0.6 is 0 Å². The van der Waals surface area contributed by atoms with E-state index in [4.69, 9.17) is 9.47 Å². The fourth-order valence-corrected chi connectivity index (χ4v) is 7.33. The van der Waals surface area contributed by atoms with Gasteiger partial charge in [-0.3, -0.25) is 19.6 Å². The Morgan fingerprint density at radius 2 is 1.88 bits per heavy atom. The molecule has 2 aromatic carbocycles. The second kappa shape index (κ2) is 14.5. The van der Waals surface area contributed by atoms with Crippen molar-refractivity contribution in [3.05, 3.63) is 77.6 Å². The van der Waals surface area contributed by atoms with E-state index in [2.05, 4.69) is 84.4 Å². The monoisotopic (exact) mass is 693 g/mol. The first-order chi connectivity index (χ1) is 24.3. The molecule has 10 nitrogen and oxygen atoms in total. The minimum atomic E-state index is -0.933. The van der Waals surface area contributed by atoms with Crippen molar-refractivity contribution in [3.8, 4) is 22.4 Å². The smallest absolute Gasteiger partial charge is 0.408 e. The van der Waals surface area contributed by atoms with E-state index in [0.717, 1.165) is 51.8 Å². The molecule has 0 radical (unpaired) electrons. The SMILES string of the molecule is CCc1ccncc1-c1c2c3cc(ccc3n1CC)-c1cccc(c1)C[C@H](NC(=O)OC(C)(C)C)C(=O)N1CCC[C@H](N1)C(=O)OCC(C)(C)C2. The summed E-state index contributed by atoms with van der Waals surface area (Å²) in [7, 11) is 0. The molecule has 4 heterocycles. The zero-order chi connectivity index (χ0) is 36.5. The van der Waals surface area contributed by atoms with Crippen molar-refractivity contribution in [1.29, 1.82) is 0 Å². The van der Waals surface area contributed by atoms with Gasteiger partial charge in [0.15, 0.2) is 0 Å². The van der Waals surface area contributed by atoms with Crippen molar-refractivity contribution >= 4 is 28.9 Å². The normalized spacial score (nSPS) is 19.7. The zero-order valence-electron chi connectivity index (χ0n) is 31.0. The van der Waals surface area contributed by atoms with E-state index in [0.29, 0.717) is 25.8 Å². The molecule has 51 heavy (non-hydrogen) atoms. The molecule has 0 spiro atoms. The second-order valence-electron chi connectivity index (χ2n) is 15.6. The number of benzene rings is 2. The lowest BCUT2D eigenvalue weighted by Gasteiger charge is -2.35. The van der Waals surface area contributed by atoms with Crippen LogP contribution in [-0.4, -0.2) is 63.4 Å². The van der Waals surface area contributed by atoms with Gasteiger partial charge in [0.25, 0.3) is 5.91 Å². The number of cyclic esters (lactones) is 1. The number of hydrogen-bond acceptors (Lipinski definition) is 7. The van der Waals surface area contributed by atoms with Crippen LogP contribution in [0.3, 0.4) is 0 Å². The lowest BCUT2D eigenvalue weighted by Crippen LogP contribution is -2.60. The van der Waals surface area contributed by atoms with Gasteiger partial charge >= 0.3 is 12.1 Å². The highest BCUT2D eigenvalue weighted by molar-refractivity contribution is 5.95. The summed E-state index contributed by atoms with van der Waals surface area (Å²) >= 11 is 0. The number of carbonyl (C=O) groups excluding carboxylic acids is 3. The molecule has 0 saturated carbocycles. The van der Waals surface area contributed by atoms with Gasteiger partial charge in [-0.15, -0.1) is 0 Å². The topological polar surface area (TPSA) is 115 Å². The number of pyridine rings is 1. The maximum Gasteiger partial charge on any atom is 0.408 e. The Balaban J connectivity index is 1.50. The van der Waals surface area contributed by atoms with Gasteiger partial charge in [-0.2, -0.15) is 0 Å². The molecule has 4 aromatic rings. The lowest BCUT2D eigenvalue weighted by molar-refractivity contribution is -0.155. The number of rotatable bonds is 4. The molecule has 10 heteroatoms. The van der Waals surface area contributed by atoms with Crippen LogP contribution in [0.2, 0.25) is 0 Å². The van der Waals surface area contributed by atoms with Crippen LogP contribution in [0.25, 0.3) is 33.3 Å². The van der Waals surface area contributed by atoms with Crippen molar-refractivity contribution < 1.29 is 23.9 Å². The molecule has 2 aliphatic heterocycles. The molecule has 2 aliphatic rings. The molecule has 0 unspecified atom stereocenters. The maximum atomic E-state index is 14.1. The Bertz CT molecular complexity index is 1940. The predicted molar refractivity (Wildman–Crippen MR) is 199 cm³/mol. The number of amides is 2. The molecule has 2 atom stereocenters. The summed E-state index contributed by atoms with van der Waals surface area (Å²) in [6.45, 7) is 15.3. The third-order valence-corrected chi connectivity index (χ3v) is 9.72. The average Bonchev–Trinajstić information content (AvgIpc) is 3.40. The summed E-state index contributed by atoms with van der Waals surface area (Å²) < 4.78 is 14.0. The second-order valence-corrected chi connectivity index (χ2v) is 15.6. The number of aromatic nitrogens is 2. The number of fused-ring (bicyclic) bond motifs is 6. The summed E-state index contributed by atoms with van der Waals surface area (Å²) in [5.74, 6) is -0.739. The minimum absolute atomic E-state index is 0.203. The fraction of sp³-hybridized carbons (Fsp3) is 0.463. The van der Waals surface area contributed by atoms with E-state index in [1.54, 1.807) is 20.8 Å². The molecule has 0 aliphatic carbocycles. The zero-order valence-corrected chi connectivity index (χ0v) is 31.0. The number of carbonyl (C=O) groups is 3. The Labute approximate surface area is 300 Å². The number of alkyl carbamates (subject to hydrolysis) is 1. The van der Waals surface area contributed by atoms with E-state index in [9.17, 15) is 14.4 Å². The molecular formula is C41H51N5O5. The van der Waals surface area contributed by atoms with E-state index < -0.39 is 35.2 Å². The van der Waals surface area contributed by atoms with E-state index in [1.165, 1.54) is 16.1 Å². The fourth-order valence-electron chi connectivity index (χ4n) is 7.33. The number of esters is 1. The molecule has 6 bridgehead atoms. The van der Waals surface area contributed by atoms with Gasteiger partial charge in [0, 0.05) is 53.8 Å². The first-order valence-corrected chi connectivity index (χ1v) is 18.2. The third-order valence-electron chi connectivity index (χ3n) is 9.72. The third kappa shape index (κ3) is 7.96. The quantitative estimate of drug-likeness (QED) is 0.221. The van der Waals surface area contributed by atoms with Gasteiger partial charge in [0.1, 0.15) is 17.7 Å². The summed E-state index contributed by atoms with van der Waals surface area (Å²) in [6.07, 6.45) is 6.07. The van der Waals surface area contributed by atoms with Crippen LogP contribution < -0.4 is 10.7 Å². The van der Waals surface area contributed by atoms with Crippen molar-refractivity contribution in [3.63, 3.8) is 0 Å². The maximum absolute atomic E-state index is 14.1. The summed E-state index contributed by atoms with van der Waals surface area (Å²) in [5.41, 5.74) is 10.7. The average molecular weight is 694 g/mol. The van der Waals surface area contributed by atoms with Crippen LogP contribution in [-0.2, 0) is 44.9 Å². The summed E-state index contributed by atoms with van der Waals surface area (Å²) in [5, 5.41) is 5.42. The van der Waals surface area contributed by atoms with E-state index in [1.807, 2.05) is 24.5 Å². The van der Waals surface area contributed by atoms with Gasteiger partial charge in [-0.1, -0.05) is 51.1 Å². The molecule has 6 rings (SSSR count). The number of hydrogen-bond donors (Lipinski definition) is 2. The van der Waals surface area contributed by atoms with Crippen molar-refractivity contribution in [2.24, 2.45) is 5.41 Å². The number of nitrogens with zero attached hydrogens (tertiary/aromatic N) is 3. The molecule has 270 valence electrons. The number of ether oxygens (including phenoxy) is 2. The lowest BCUT2D eigenvalue weighted by atomic mass is 9.84. The van der Waals surface area contributed by atoms with Crippen LogP contribution in [0.1, 0.15) is 78.0 Å². The van der Waals surface area contributed by atoms with Crippen molar-refractivity contribution in [2.45, 2.75) is 105 Å². The Morgan fingerprint density at radius 3 is 2.63 bits per heavy atom. The number of hydrazine groups is 1. The Kier molecular flexibility index (Phi) is 10.3. The number of nitrogens with one attached hydrogen (secondary N) is 2. The Morgan fingerprint density at radius 1 is 1.10 bits per heavy atom. The van der Waals surface area contributed by atoms with Crippen LogP contribution in [0, 0.1) is 5.41 Å². The van der Waals surface area contributed by atoms with Crippen LogP contribution in [0.5, 0.6) is 0 Å². The van der Waals surface area contributed by atoms with Gasteiger partial charge in [-0.05, 0) is 99.4 Å². The van der Waals surface area contributed by atoms with Gasteiger partial charge in [-0.25, -0.2) is 10.2 Å². The summed E-state index contributed by atoms with van der Waals surface area (Å²) in [6, 6.07) is 15.2. The van der Waals surface area contributed by atoms with Gasteiger partial charge < -0.3 is 19.4 Å². The van der Waals surface area contributed by atoms with Gasteiger partial charge in [0.2, 0.25) is 0 Å². The number of aryl methyl sites for hydroxylation is 2. The highest BCUT2D eigenvalue weighted by atomic mass is 16.6. The van der Waals surface area contributed by atoms with Crippen LogP contribution in [0.15, 0.2) is 60.9 Å². The van der Waals surface area contributed by atoms with Gasteiger partial charge in [0.05, 0.1) is 12.3 Å². The predicted octanol–water partition coefficient (Wildman–Crippen LogP) is 7.01.